The maximum Gasteiger partial charge on any atom is 0.337 e. The minimum absolute atomic E-state index is 0.0541. The molecule has 0 bridgehead atoms. The predicted molar refractivity (Wildman–Crippen MR) is 141 cm³/mol. The van der Waals surface area contributed by atoms with Gasteiger partial charge in [0.15, 0.2) is 0 Å². The second-order valence-electron chi connectivity index (χ2n) is 8.85. The molecule has 1 atom stereocenters. The van der Waals surface area contributed by atoms with Crippen LogP contribution in [-0.2, 0) is 14.3 Å². The molecule has 0 aliphatic carbocycles. The highest BCUT2D eigenvalue weighted by molar-refractivity contribution is 8.03. The Morgan fingerprint density at radius 1 is 1.09 bits per heavy atom. The number of thioether (sulfide) groups is 1. The number of halogens is 2. The molecule has 182 valence electrons. The highest BCUT2D eigenvalue weighted by atomic mass is 35.5. The molecule has 35 heavy (non-hydrogen) atoms. The summed E-state index contributed by atoms with van der Waals surface area (Å²) in [6.45, 7) is 7.12. The van der Waals surface area contributed by atoms with E-state index in [9.17, 15) is 14.9 Å². The van der Waals surface area contributed by atoms with E-state index in [-0.39, 0.29) is 11.7 Å². The first-order valence-corrected chi connectivity index (χ1v) is 12.5. The average Bonchev–Trinajstić information content (AvgIpc) is 2.78. The molecule has 2 aromatic carbocycles. The quantitative estimate of drug-likeness (QED) is 0.420. The zero-order valence-electron chi connectivity index (χ0n) is 19.7. The van der Waals surface area contributed by atoms with Crippen molar-refractivity contribution < 1.29 is 14.3 Å². The van der Waals surface area contributed by atoms with Crippen LogP contribution in [0.4, 0.5) is 5.69 Å². The number of hydrogen-bond donors (Lipinski definition) is 2. The molecule has 1 aliphatic rings. The number of ether oxygens (including phenoxy) is 1. The van der Waals surface area contributed by atoms with Gasteiger partial charge in [0, 0.05) is 21.4 Å². The van der Waals surface area contributed by atoms with Gasteiger partial charge in [-0.25, -0.2) is 4.79 Å². The number of rotatable bonds is 6. The summed E-state index contributed by atoms with van der Waals surface area (Å²) in [6, 6.07) is 16.0. The molecule has 0 radical (unpaired) electrons. The van der Waals surface area contributed by atoms with Gasteiger partial charge in [0.1, 0.15) is 5.60 Å². The molecule has 1 heterocycles. The monoisotopic (exact) mass is 529 g/mol. The van der Waals surface area contributed by atoms with Gasteiger partial charge in [0.2, 0.25) is 5.91 Å². The average molecular weight is 530 g/mol. The molecular formula is C26H25Cl2N3O3S. The van der Waals surface area contributed by atoms with Crippen LogP contribution < -0.4 is 10.6 Å². The Morgan fingerprint density at radius 3 is 2.20 bits per heavy atom. The van der Waals surface area contributed by atoms with Crippen LogP contribution in [0.1, 0.15) is 39.2 Å². The Kier molecular flexibility index (Phi) is 8.55. The van der Waals surface area contributed by atoms with Crippen molar-refractivity contribution in [3.05, 3.63) is 86.0 Å². The molecule has 3 rings (SSSR count). The van der Waals surface area contributed by atoms with Crippen LogP contribution in [0.2, 0.25) is 10.0 Å². The topological polar surface area (TPSA) is 91.2 Å². The van der Waals surface area contributed by atoms with E-state index in [4.69, 9.17) is 27.9 Å². The fourth-order valence-electron chi connectivity index (χ4n) is 3.49. The molecule has 0 unspecified atom stereocenters. The molecule has 0 spiro atoms. The molecule has 6 nitrogen and oxygen atoms in total. The summed E-state index contributed by atoms with van der Waals surface area (Å²) in [6.07, 6.45) is 0. The number of nitrogens with one attached hydrogen (secondary N) is 2. The van der Waals surface area contributed by atoms with E-state index in [0.717, 1.165) is 5.56 Å². The van der Waals surface area contributed by atoms with Crippen LogP contribution >= 0.6 is 35.0 Å². The highest BCUT2D eigenvalue weighted by Gasteiger charge is 2.37. The fraction of sp³-hybridized carbons (Fsp3) is 0.269. The van der Waals surface area contributed by atoms with Crippen LogP contribution in [0, 0.1) is 11.3 Å². The lowest BCUT2D eigenvalue weighted by molar-refractivity contribution is -0.150. The first kappa shape index (κ1) is 26.7. The van der Waals surface area contributed by atoms with Gasteiger partial charge in [0.25, 0.3) is 0 Å². The first-order valence-electron chi connectivity index (χ1n) is 10.8. The minimum Gasteiger partial charge on any atom is -0.457 e. The maximum absolute atomic E-state index is 13.2. The Morgan fingerprint density at radius 2 is 1.66 bits per heavy atom. The number of nitriles is 1. The summed E-state index contributed by atoms with van der Waals surface area (Å²) in [5, 5.41) is 17.7. The van der Waals surface area contributed by atoms with Gasteiger partial charge < -0.3 is 15.4 Å². The van der Waals surface area contributed by atoms with Gasteiger partial charge in [-0.05, 0) is 69.7 Å². The first-order chi connectivity index (χ1) is 16.5. The highest BCUT2D eigenvalue weighted by Crippen LogP contribution is 2.41. The van der Waals surface area contributed by atoms with E-state index in [2.05, 4.69) is 16.7 Å². The van der Waals surface area contributed by atoms with Crippen LogP contribution in [0.25, 0.3) is 0 Å². The van der Waals surface area contributed by atoms with Crippen molar-refractivity contribution in [2.75, 3.05) is 11.1 Å². The Hall–Kier alpha value is -2.92. The largest absolute Gasteiger partial charge is 0.457 e. The van der Waals surface area contributed by atoms with Crippen molar-refractivity contribution in [2.24, 2.45) is 0 Å². The summed E-state index contributed by atoms with van der Waals surface area (Å²) < 4.78 is 5.65. The van der Waals surface area contributed by atoms with E-state index < -0.39 is 17.5 Å². The Bertz CT molecular complexity index is 1220. The summed E-state index contributed by atoms with van der Waals surface area (Å²) >= 11 is 13.2. The van der Waals surface area contributed by atoms with Gasteiger partial charge >= 0.3 is 5.97 Å². The molecule has 0 aromatic heterocycles. The number of allylic oxidation sites excluding steroid dienone is 2. The molecule has 2 N–H and O–H groups in total. The SMILES string of the molecule is CC1=C(C(=O)OC(C)(C)C)[C@H](c2ccc(Cl)cc2)C(C#N)=C(SCC(=O)Nc2ccc(Cl)cc2)N1. The van der Waals surface area contributed by atoms with Crippen molar-refractivity contribution in [3.63, 3.8) is 0 Å². The molecule has 2 aromatic rings. The van der Waals surface area contributed by atoms with Gasteiger partial charge in [-0.1, -0.05) is 47.1 Å². The van der Waals surface area contributed by atoms with Crippen molar-refractivity contribution in [1.82, 2.24) is 5.32 Å². The lowest BCUT2D eigenvalue weighted by Crippen LogP contribution is -2.32. The third kappa shape index (κ3) is 7.04. The number of amides is 1. The van der Waals surface area contributed by atoms with Crippen molar-refractivity contribution in [3.8, 4) is 6.07 Å². The molecule has 1 aliphatic heterocycles. The predicted octanol–water partition coefficient (Wildman–Crippen LogP) is 6.40. The summed E-state index contributed by atoms with van der Waals surface area (Å²) in [5.41, 5.74) is 1.85. The number of carbonyl (C=O) groups excluding carboxylic acids is 2. The number of dihydropyridines is 1. The number of hydrogen-bond acceptors (Lipinski definition) is 6. The van der Waals surface area contributed by atoms with Gasteiger partial charge in [0.05, 0.1) is 33.9 Å². The van der Waals surface area contributed by atoms with Crippen LogP contribution in [-0.4, -0.2) is 23.2 Å². The van der Waals surface area contributed by atoms with Gasteiger partial charge in [-0.15, -0.1) is 0 Å². The Balaban J connectivity index is 1.91. The van der Waals surface area contributed by atoms with E-state index in [1.54, 1.807) is 76.2 Å². The summed E-state index contributed by atoms with van der Waals surface area (Å²) in [7, 11) is 0. The third-order valence-electron chi connectivity index (χ3n) is 4.95. The van der Waals surface area contributed by atoms with Crippen molar-refractivity contribution >= 4 is 52.5 Å². The van der Waals surface area contributed by atoms with E-state index in [0.29, 0.717) is 37.6 Å². The van der Waals surface area contributed by atoms with Crippen LogP contribution in [0.5, 0.6) is 0 Å². The standard InChI is InChI=1S/C26H25Cl2N3O3S/c1-15-22(25(33)34-26(2,3)4)23(16-5-7-17(27)8-6-16)20(13-29)24(30-15)35-14-21(32)31-19-11-9-18(28)10-12-19/h5-12,23,30H,14H2,1-4H3,(H,31,32)/t23-/m1/s1. The van der Waals surface area contributed by atoms with Crippen LogP contribution in [0.3, 0.4) is 0 Å². The van der Waals surface area contributed by atoms with Crippen molar-refractivity contribution in [2.45, 2.75) is 39.2 Å². The van der Waals surface area contributed by atoms with Gasteiger partial charge in [-0.3, -0.25) is 4.79 Å². The Labute approximate surface area is 219 Å². The minimum atomic E-state index is -0.708. The molecule has 0 fully saturated rings. The lowest BCUT2D eigenvalue weighted by Gasteiger charge is -2.31. The second-order valence-corrected chi connectivity index (χ2v) is 10.7. The molecule has 0 saturated heterocycles. The van der Waals surface area contributed by atoms with Crippen molar-refractivity contribution in [1.29, 1.82) is 5.26 Å². The zero-order chi connectivity index (χ0) is 25.8. The number of nitrogens with zero attached hydrogens (tertiary/aromatic N) is 1. The molecule has 9 heteroatoms. The summed E-state index contributed by atoms with van der Waals surface area (Å²) in [5.74, 6) is -1.38. The number of carbonyl (C=O) groups is 2. The zero-order valence-corrected chi connectivity index (χ0v) is 22.1. The second kappa shape index (κ2) is 11.2. The van der Waals surface area contributed by atoms with Gasteiger partial charge in [-0.2, -0.15) is 5.26 Å². The third-order valence-corrected chi connectivity index (χ3v) is 6.47. The summed E-state index contributed by atoms with van der Waals surface area (Å²) in [4.78, 5) is 25.7. The smallest absolute Gasteiger partial charge is 0.337 e. The lowest BCUT2D eigenvalue weighted by atomic mass is 9.82. The number of benzene rings is 2. The molecule has 0 saturated carbocycles. The molecule has 1 amide bonds. The molecular weight excluding hydrogens is 505 g/mol. The number of anilines is 1. The fourth-order valence-corrected chi connectivity index (χ4v) is 4.63. The van der Waals surface area contributed by atoms with E-state index in [1.165, 1.54) is 11.8 Å². The van der Waals surface area contributed by atoms with E-state index in [1.807, 2.05) is 0 Å². The van der Waals surface area contributed by atoms with E-state index >= 15 is 0 Å². The number of esters is 1. The van der Waals surface area contributed by atoms with Crippen LogP contribution in [0.15, 0.2) is 70.4 Å². The maximum atomic E-state index is 13.2. The normalized spacial score (nSPS) is 15.9.